The second-order valence-corrected chi connectivity index (χ2v) is 38.5. The molecule has 0 spiro atoms. The van der Waals surface area contributed by atoms with Gasteiger partial charge in [0.25, 0.3) is 0 Å². The molecule has 6 heteroatoms. The molecule has 0 fully saturated rings. The highest BCUT2D eigenvalue weighted by atomic mass is 19.4. The van der Waals surface area contributed by atoms with Crippen molar-refractivity contribution in [3.8, 4) is 22.3 Å². The van der Waals surface area contributed by atoms with Crippen LogP contribution in [0.2, 0.25) is 0 Å². The number of halogens is 6. The first-order chi connectivity index (χ1) is 67.1. The van der Waals surface area contributed by atoms with Gasteiger partial charge in [0.05, 0.1) is 5.41 Å². The summed E-state index contributed by atoms with van der Waals surface area (Å²) in [4.78, 5) is 0. The van der Waals surface area contributed by atoms with E-state index in [0.717, 1.165) is 24.3 Å². The maximum Gasteiger partial charge on any atom is 0.411 e. The Balaban J connectivity index is 0.000000154. The van der Waals surface area contributed by atoms with Crippen LogP contribution in [0, 0.1) is 138 Å². The topological polar surface area (TPSA) is 0 Å². The highest BCUT2D eigenvalue weighted by Gasteiger charge is 2.72. The smallest absolute Gasteiger partial charge is 0.169 e. The zero-order valence-electron chi connectivity index (χ0n) is 86.2. The van der Waals surface area contributed by atoms with E-state index >= 15 is 0 Å². The van der Waals surface area contributed by atoms with Crippen LogP contribution in [0.3, 0.4) is 0 Å². The molecule has 20 rings (SSSR count). The summed E-state index contributed by atoms with van der Waals surface area (Å²) in [5.74, 6) is 0. The van der Waals surface area contributed by atoms with Crippen molar-refractivity contribution in [1.29, 1.82) is 0 Å². The van der Waals surface area contributed by atoms with E-state index in [1.807, 2.05) is 0 Å². The zero-order chi connectivity index (χ0) is 102. The largest absolute Gasteiger partial charge is 0.411 e. The molecule has 0 saturated heterocycles. The third-order valence-corrected chi connectivity index (χ3v) is 26.3. The van der Waals surface area contributed by atoms with Crippen molar-refractivity contribution >= 4 is 32.3 Å². The molecule has 0 bridgehead atoms. The summed E-state index contributed by atoms with van der Waals surface area (Å²) in [5.41, 5.74) is 32.6. The molecule has 0 unspecified atom stereocenters. The highest BCUT2D eigenvalue weighted by molar-refractivity contribution is 5.88. The van der Waals surface area contributed by atoms with E-state index in [-0.39, 0.29) is 10.8 Å². The minimum absolute atomic E-state index is 0.0708. The maximum absolute atomic E-state index is 13.7. The van der Waals surface area contributed by atoms with Gasteiger partial charge in [-0.25, -0.2) is 0 Å². The van der Waals surface area contributed by atoms with Gasteiger partial charge in [-0.1, -0.05) is 522 Å². The van der Waals surface area contributed by atoms with E-state index in [1.54, 1.807) is 13.8 Å². The van der Waals surface area contributed by atoms with Crippen molar-refractivity contribution in [2.24, 2.45) is 0 Å². The normalized spacial score (nSPS) is 11.5. The molecule has 0 nitrogen and oxygen atoms in total. The molecule has 0 saturated carbocycles. The third kappa shape index (κ3) is 28.2. The second kappa shape index (κ2) is 48.9. The maximum atomic E-state index is 13.7. The Morgan fingerprint density at radius 3 is 0.759 bits per heavy atom. The average molecular weight is 1870 g/mol. The lowest BCUT2D eigenvalue weighted by atomic mass is 9.67. The molecule has 1 aliphatic carbocycles. The summed E-state index contributed by atoms with van der Waals surface area (Å²) >= 11 is 0. The van der Waals surface area contributed by atoms with E-state index in [0.29, 0.717) is 11.1 Å². The van der Waals surface area contributed by atoms with Crippen molar-refractivity contribution in [3.63, 3.8) is 0 Å². The van der Waals surface area contributed by atoms with Crippen LogP contribution >= 0.6 is 0 Å². The molecule has 19 aromatic rings. The third-order valence-electron chi connectivity index (χ3n) is 26.3. The van der Waals surface area contributed by atoms with Crippen molar-refractivity contribution in [2.75, 3.05) is 0 Å². The first kappa shape index (κ1) is 107. The van der Waals surface area contributed by atoms with Crippen LogP contribution in [0.15, 0.2) is 425 Å². The lowest BCUT2D eigenvalue weighted by molar-refractivity contribution is -0.288. The van der Waals surface area contributed by atoms with Gasteiger partial charge in [-0.15, -0.1) is 0 Å². The Hall–Kier alpha value is -14.5. The standard InChI is InChI=1S/C27H22.C17H14F6.C17H20.C14H14.3C12H12.3C8H10/c1-19-11-15-21(16-12-19)27(22-17-13-20(2)14-18-22)25-9-5-3-7-23(25)24-8-4-6-10-26(24)27;1-11-3-7-13(8-4-11)15(16(18,19)20,17(21,22)23)14-9-5-12(2)6-10-14;1-13-5-9-15(10-6-13)17(3,4)16-11-7-14(2)8-12-16;1-11-3-7-13(8-4-11)14-9-5-12(2)6-10-14;1-9-3-5-11-6-4-10(2)8-12(11)7-9;1-9-6-7-11-5-3-4-10(2)12(11)8-9;1-9-7-11-5-3-4-6-12(11)8-10(9)2;1-7-3-5-8(2)6-4-7;1-7-4-3-5-8(2)6-7;1-7-5-3-4-6-8(7)2/h3-18H,1-2H3;3-10H,1-2H3;5-12H,1-4H3;3-10H,1-2H3;3*3-8H,1-2H3;3*3-6H,1-2H3. The predicted octanol–water partition coefficient (Wildman–Crippen LogP) is 38.3. The lowest BCUT2D eigenvalue weighted by Crippen LogP contribution is -2.54. The molecule has 141 heavy (non-hydrogen) atoms. The second-order valence-electron chi connectivity index (χ2n) is 38.5. The molecule has 0 radical (unpaired) electrons. The van der Waals surface area contributed by atoms with E-state index < -0.39 is 28.9 Å². The summed E-state index contributed by atoms with van der Waals surface area (Å²) in [6.07, 6.45) is -11.1. The van der Waals surface area contributed by atoms with Gasteiger partial charge in [-0.3, -0.25) is 0 Å². The number of rotatable bonds is 7. The fourth-order valence-electron chi connectivity index (χ4n) is 17.4. The first-order valence-corrected chi connectivity index (χ1v) is 48.5. The molecule has 0 N–H and O–H groups in total. The van der Waals surface area contributed by atoms with E-state index in [9.17, 15) is 26.3 Å². The first-order valence-electron chi connectivity index (χ1n) is 48.5. The minimum atomic E-state index is -5.53. The summed E-state index contributed by atoms with van der Waals surface area (Å²) in [5, 5.41) is 8.04. The summed E-state index contributed by atoms with van der Waals surface area (Å²) in [6.45, 7) is 46.0. The van der Waals surface area contributed by atoms with Gasteiger partial charge in [-0.2, -0.15) is 26.3 Å². The molecule has 1 aliphatic rings. The Kier molecular flexibility index (Phi) is 37.1. The molecule has 19 aromatic carbocycles. The quantitative estimate of drug-likeness (QED) is 0.140. The van der Waals surface area contributed by atoms with Gasteiger partial charge >= 0.3 is 12.4 Å². The van der Waals surface area contributed by atoms with E-state index in [1.165, 1.54) is 212 Å². The summed E-state index contributed by atoms with van der Waals surface area (Å²) < 4.78 is 82.3. The van der Waals surface area contributed by atoms with Crippen LogP contribution in [0.1, 0.15) is 170 Å². The molecule has 0 heterocycles. The van der Waals surface area contributed by atoms with Crippen molar-refractivity contribution in [3.05, 3.63) is 580 Å². The fraction of sp³-hybridized carbons (Fsp3) is 0.200. The fourth-order valence-corrected chi connectivity index (χ4v) is 17.4. The van der Waals surface area contributed by atoms with Gasteiger partial charge in [0.1, 0.15) is 0 Å². The summed E-state index contributed by atoms with van der Waals surface area (Å²) in [6, 6.07) is 144. The number of aryl methyl sites for hydroxylation is 20. The van der Waals surface area contributed by atoms with Gasteiger partial charge in [0.2, 0.25) is 5.41 Å². The Morgan fingerprint density at radius 1 is 0.177 bits per heavy atom. The zero-order valence-corrected chi connectivity index (χ0v) is 86.2. The molecule has 718 valence electrons. The molecule has 0 aliphatic heterocycles. The van der Waals surface area contributed by atoms with Crippen molar-refractivity contribution < 1.29 is 26.3 Å². The van der Waals surface area contributed by atoms with Crippen LogP contribution in [0.25, 0.3) is 54.6 Å². The van der Waals surface area contributed by atoms with Crippen LogP contribution in [-0.2, 0) is 16.2 Å². The van der Waals surface area contributed by atoms with Gasteiger partial charge < -0.3 is 0 Å². The predicted molar refractivity (Wildman–Crippen MR) is 592 cm³/mol. The van der Waals surface area contributed by atoms with Crippen molar-refractivity contribution in [2.45, 2.75) is 181 Å². The average Bonchev–Trinajstić information content (AvgIpc) is 1.64. The van der Waals surface area contributed by atoms with Crippen LogP contribution < -0.4 is 0 Å². The Bertz CT molecular complexity index is 6840. The molecular weight excluding hydrogens is 1740 g/mol. The molecular formula is C135H136F6. The van der Waals surface area contributed by atoms with Crippen LogP contribution in [0.5, 0.6) is 0 Å². The van der Waals surface area contributed by atoms with E-state index in [4.69, 9.17) is 0 Å². The van der Waals surface area contributed by atoms with Gasteiger partial charge in [0, 0.05) is 5.41 Å². The van der Waals surface area contributed by atoms with Gasteiger partial charge in [0.15, 0.2) is 0 Å². The Morgan fingerprint density at radius 2 is 0.433 bits per heavy atom. The molecule has 0 aromatic heterocycles. The minimum Gasteiger partial charge on any atom is -0.169 e. The SMILES string of the molecule is Cc1cc2ccccc2cc1C.Cc1ccc(-c2ccc(C)cc2)cc1.Cc1ccc(C(C)(C)c2ccc(C)cc2)cc1.Cc1ccc(C(c2ccc(C)cc2)(C(F)(F)F)C(F)(F)F)cc1.Cc1ccc(C)cc1.Cc1ccc(C2(c3ccc(C)cc3)c3ccccc3-c3ccccc32)cc1.Cc1ccc2ccc(C)cc2c1.Cc1ccc2cccc(C)c2c1.Cc1cccc(C)c1.Cc1ccccc1C. The number of benzene rings is 19. The number of hydrogen-bond acceptors (Lipinski definition) is 0. The molecule has 0 atom stereocenters. The Labute approximate surface area is 836 Å². The molecule has 0 amide bonds. The monoisotopic (exact) mass is 1870 g/mol. The van der Waals surface area contributed by atoms with Crippen LogP contribution in [0.4, 0.5) is 26.3 Å². The number of hydrogen-bond donors (Lipinski definition) is 0. The van der Waals surface area contributed by atoms with Crippen molar-refractivity contribution in [1.82, 2.24) is 0 Å². The number of alkyl halides is 6. The van der Waals surface area contributed by atoms with Gasteiger partial charge in [-0.05, 0) is 265 Å². The highest BCUT2D eigenvalue weighted by Crippen LogP contribution is 2.58. The van der Waals surface area contributed by atoms with E-state index in [2.05, 4.69) is 515 Å². The lowest BCUT2D eigenvalue weighted by Gasteiger charge is -2.38. The van der Waals surface area contributed by atoms with Crippen LogP contribution in [-0.4, -0.2) is 12.4 Å². The summed E-state index contributed by atoms with van der Waals surface area (Å²) in [7, 11) is 0. The number of fused-ring (bicyclic) bond motifs is 6.